The largest absolute Gasteiger partial charge is 0.302 e. The Morgan fingerprint density at radius 2 is 2.03 bits per heavy atom. The molecule has 1 aromatic carbocycles. The number of rotatable bonds is 5. The Labute approximate surface area is 184 Å². The first kappa shape index (κ1) is 20.7. The van der Waals surface area contributed by atoms with Gasteiger partial charge in [0.05, 0.1) is 11.9 Å². The van der Waals surface area contributed by atoms with Crippen LogP contribution in [0.2, 0.25) is 0 Å². The van der Waals surface area contributed by atoms with Gasteiger partial charge < -0.3 is 5.32 Å². The van der Waals surface area contributed by atoms with E-state index in [0.29, 0.717) is 29.2 Å². The number of nitriles is 1. The van der Waals surface area contributed by atoms with Crippen LogP contribution in [0.25, 0.3) is 16.9 Å². The van der Waals surface area contributed by atoms with Crippen molar-refractivity contribution in [2.24, 2.45) is 0 Å². The van der Waals surface area contributed by atoms with E-state index in [1.54, 1.807) is 4.52 Å². The molecule has 1 amide bonds. The van der Waals surface area contributed by atoms with Crippen molar-refractivity contribution in [2.75, 3.05) is 5.32 Å². The van der Waals surface area contributed by atoms with Crippen LogP contribution >= 0.6 is 11.3 Å². The van der Waals surface area contributed by atoms with Crippen LogP contribution in [0, 0.1) is 39.0 Å². The van der Waals surface area contributed by atoms with Crippen LogP contribution in [0.1, 0.15) is 40.1 Å². The highest BCUT2D eigenvalue weighted by Gasteiger charge is 2.15. The fourth-order valence-electron chi connectivity index (χ4n) is 3.73. The predicted octanol–water partition coefficient (Wildman–Crippen LogP) is 4.53. The Hall–Kier alpha value is -3.57. The van der Waals surface area contributed by atoms with Crippen molar-refractivity contribution in [3.8, 4) is 17.3 Å². The summed E-state index contributed by atoms with van der Waals surface area (Å²) in [5.41, 5.74) is 7.97. The summed E-state index contributed by atoms with van der Waals surface area (Å²) in [7, 11) is 0. The highest BCUT2D eigenvalue weighted by molar-refractivity contribution is 7.14. The molecule has 156 valence electrons. The van der Waals surface area contributed by atoms with E-state index in [0.717, 1.165) is 33.8 Å². The standard InChI is InChI=1S/C23H22N6OS/c1-13-5-6-18(14(2)9-13)20-12-31-23(27-20)28-21(30)8-7-19-15(3)26-22-17(10-24)11-25-29(22)16(19)4/h5-6,9,11-12H,7-8H2,1-4H3,(H,27,28,30). The van der Waals surface area contributed by atoms with Crippen molar-refractivity contribution in [3.05, 3.63) is 63.4 Å². The van der Waals surface area contributed by atoms with Gasteiger partial charge in [0.2, 0.25) is 5.91 Å². The smallest absolute Gasteiger partial charge is 0.226 e. The van der Waals surface area contributed by atoms with E-state index in [1.807, 2.05) is 19.2 Å². The van der Waals surface area contributed by atoms with Crippen molar-refractivity contribution in [1.29, 1.82) is 5.26 Å². The fraction of sp³-hybridized carbons (Fsp3) is 0.261. The molecule has 0 spiro atoms. The van der Waals surface area contributed by atoms with Gasteiger partial charge in [-0.15, -0.1) is 11.3 Å². The van der Waals surface area contributed by atoms with Gasteiger partial charge in [-0.05, 0) is 45.2 Å². The van der Waals surface area contributed by atoms with E-state index in [4.69, 9.17) is 0 Å². The summed E-state index contributed by atoms with van der Waals surface area (Å²) in [5, 5.41) is 18.9. The van der Waals surface area contributed by atoms with Crippen LogP contribution in [0.5, 0.6) is 0 Å². The molecule has 0 aliphatic heterocycles. The number of benzene rings is 1. The molecule has 0 radical (unpaired) electrons. The number of aromatic nitrogens is 4. The summed E-state index contributed by atoms with van der Waals surface area (Å²) in [6.45, 7) is 7.95. The summed E-state index contributed by atoms with van der Waals surface area (Å²) in [5.74, 6) is -0.0985. The number of aryl methyl sites for hydroxylation is 4. The first-order chi connectivity index (χ1) is 14.9. The summed E-state index contributed by atoms with van der Waals surface area (Å²) in [4.78, 5) is 21.6. The molecule has 4 aromatic rings. The Morgan fingerprint density at radius 1 is 1.23 bits per heavy atom. The van der Waals surface area contributed by atoms with Crippen molar-refractivity contribution in [2.45, 2.75) is 40.5 Å². The predicted molar refractivity (Wildman–Crippen MR) is 121 cm³/mol. The molecule has 0 fully saturated rings. The average Bonchev–Trinajstić information content (AvgIpc) is 3.34. The number of hydrogen-bond donors (Lipinski definition) is 1. The number of hydrogen-bond acceptors (Lipinski definition) is 6. The molecule has 0 saturated carbocycles. The lowest BCUT2D eigenvalue weighted by atomic mass is 10.0. The molecule has 1 N–H and O–H groups in total. The number of carbonyl (C=O) groups excluding carboxylic acids is 1. The second-order valence-electron chi connectivity index (χ2n) is 7.57. The lowest BCUT2D eigenvalue weighted by molar-refractivity contribution is -0.116. The highest BCUT2D eigenvalue weighted by Crippen LogP contribution is 2.28. The lowest BCUT2D eigenvalue weighted by Crippen LogP contribution is -2.14. The second kappa shape index (κ2) is 8.28. The lowest BCUT2D eigenvalue weighted by Gasteiger charge is -2.11. The van der Waals surface area contributed by atoms with E-state index < -0.39 is 0 Å². The van der Waals surface area contributed by atoms with E-state index in [1.165, 1.54) is 23.1 Å². The summed E-state index contributed by atoms with van der Waals surface area (Å²) in [6.07, 6.45) is 2.35. The quantitative estimate of drug-likeness (QED) is 0.502. The van der Waals surface area contributed by atoms with Crippen LogP contribution in [0.15, 0.2) is 29.8 Å². The van der Waals surface area contributed by atoms with Gasteiger partial charge in [0.15, 0.2) is 10.8 Å². The number of thiazole rings is 1. The molecular formula is C23H22N6OS. The van der Waals surface area contributed by atoms with Crippen molar-refractivity contribution in [1.82, 2.24) is 19.6 Å². The van der Waals surface area contributed by atoms with Crippen LogP contribution in [-0.4, -0.2) is 25.5 Å². The maximum atomic E-state index is 12.5. The minimum Gasteiger partial charge on any atom is -0.302 e. The SMILES string of the molecule is Cc1ccc(-c2csc(NC(=O)CCc3c(C)nc4c(C#N)cnn4c3C)n2)c(C)c1. The highest BCUT2D eigenvalue weighted by atomic mass is 32.1. The minimum absolute atomic E-state index is 0.0985. The average molecular weight is 431 g/mol. The molecule has 7 nitrogen and oxygen atoms in total. The van der Waals surface area contributed by atoms with Crippen molar-refractivity contribution >= 4 is 28.0 Å². The molecule has 31 heavy (non-hydrogen) atoms. The van der Waals surface area contributed by atoms with Crippen molar-refractivity contribution < 1.29 is 4.79 Å². The molecule has 0 unspecified atom stereocenters. The monoisotopic (exact) mass is 430 g/mol. The summed E-state index contributed by atoms with van der Waals surface area (Å²) < 4.78 is 1.66. The number of anilines is 1. The van der Waals surface area contributed by atoms with Gasteiger partial charge >= 0.3 is 0 Å². The number of amides is 1. The maximum Gasteiger partial charge on any atom is 0.226 e. The number of nitrogens with one attached hydrogen (secondary N) is 1. The normalized spacial score (nSPS) is 10.9. The van der Waals surface area contributed by atoms with Gasteiger partial charge in [-0.1, -0.05) is 23.8 Å². The third kappa shape index (κ3) is 4.05. The molecule has 3 heterocycles. The number of nitrogens with zero attached hydrogens (tertiary/aromatic N) is 5. The molecule has 0 bridgehead atoms. The Bertz CT molecular complexity index is 1340. The third-order valence-corrected chi connectivity index (χ3v) is 6.10. The minimum atomic E-state index is -0.0985. The van der Waals surface area contributed by atoms with Gasteiger partial charge in [0.1, 0.15) is 11.6 Å². The van der Waals surface area contributed by atoms with Gasteiger partial charge in [-0.25, -0.2) is 14.5 Å². The molecule has 3 aromatic heterocycles. The van der Waals surface area contributed by atoms with Gasteiger partial charge in [0.25, 0.3) is 0 Å². The Kier molecular flexibility index (Phi) is 5.53. The molecule has 0 atom stereocenters. The van der Waals surface area contributed by atoms with Crippen molar-refractivity contribution in [3.63, 3.8) is 0 Å². The van der Waals surface area contributed by atoms with Crippen LogP contribution in [-0.2, 0) is 11.2 Å². The van der Waals surface area contributed by atoms with Crippen LogP contribution < -0.4 is 5.32 Å². The maximum absolute atomic E-state index is 12.5. The van der Waals surface area contributed by atoms with E-state index in [9.17, 15) is 10.1 Å². The van der Waals surface area contributed by atoms with E-state index >= 15 is 0 Å². The van der Waals surface area contributed by atoms with Gasteiger partial charge in [-0.3, -0.25) is 4.79 Å². The van der Waals surface area contributed by atoms with Gasteiger partial charge in [-0.2, -0.15) is 10.4 Å². The molecular weight excluding hydrogens is 408 g/mol. The zero-order valence-electron chi connectivity index (χ0n) is 17.9. The second-order valence-corrected chi connectivity index (χ2v) is 8.43. The molecule has 0 aliphatic carbocycles. The first-order valence-corrected chi connectivity index (χ1v) is 10.8. The van der Waals surface area contributed by atoms with Crippen LogP contribution in [0.3, 0.4) is 0 Å². The number of fused-ring (bicyclic) bond motifs is 1. The number of carbonyl (C=O) groups is 1. The topological polar surface area (TPSA) is 96.0 Å². The first-order valence-electron chi connectivity index (χ1n) is 9.94. The van der Waals surface area contributed by atoms with Crippen LogP contribution in [0.4, 0.5) is 5.13 Å². The van der Waals surface area contributed by atoms with E-state index in [-0.39, 0.29) is 5.91 Å². The zero-order chi connectivity index (χ0) is 22.1. The Morgan fingerprint density at radius 3 is 2.77 bits per heavy atom. The molecule has 0 saturated heterocycles. The molecule has 0 aliphatic rings. The van der Waals surface area contributed by atoms with E-state index in [2.05, 4.69) is 58.5 Å². The van der Waals surface area contributed by atoms with Gasteiger partial charge in [0, 0.05) is 28.8 Å². The zero-order valence-corrected chi connectivity index (χ0v) is 18.7. The molecule has 4 rings (SSSR count). The third-order valence-electron chi connectivity index (χ3n) is 5.34. The fourth-order valence-corrected chi connectivity index (χ4v) is 4.45. The summed E-state index contributed by atoms with van der Waals surface area (Å²) in [6, 6.07) is 8.36. The summed E-state index contributed by atoms with van der Waals surface area (Å²) >= 11 is 1.42. The Balaban J connectivity index is 1.46. The molecule has 8 heteroatoms.